The molecule has 0 saturated heterocycles. The monoisotopic (exact) mass is 87.1 g/mol. The van der Waals surface area contributed by atoms with Crippen molar-refractivity contribution < 1.29 is 4.79 Å². The molecule has 1 N–H and O–H groups in total. The van der Waals surface area contributed by atoms with E-state index in [2.05, 4.69) is 11.9 Å². The van der Waals surface area contributed by atoms with Crippen LogP contribution in [0.1, 0.15) is 7.43 Å². The maximum Gasteiger partial charge on any atom is 0.211 e. The van der Waals surface area contributed by atoms with Gasteiger partial charge in [0.05, 0.1) is 0 Å². The van der Waals surface area contributed by atoms with E-state index >= 15 is 0 Å². The highest BCUT2D eigenvalue weighted by Crippen LogP contribution is 1.35. The molecule has 0 unspecified atom stereocenters. The molecule has 1 amide bonds. The maximum atomic E-state index is 9.22. The predicted octanol–water partition coefficient (Wildman–Crippen LogP) is 0.512. The van der Waals surface area contributed by atoms with Crippen molar-refractivity contribution in [2.75, 3.05) is 0 Å². The molecule has 0 heterocycles. The highest BCUT2D eigenvalue weighted by atomic mass is 16.1. The van der Waals surface area contributed by atoms with Crippen molar-refractivity contribution >= 4 is 6.41 Å². The van der Waals surface area contributed by atoms with Crippen LogP contribution in [0.4, 0.5) is 0 Å². The van der Waals surface area contributed by atoms with Gasteiger partial charge in [-0.15, -0.1) is 0 Å². The van der Waals surface area contributed by atoms with E-state index in [0.29, 0.717) is 6.41 Å². The minimum absolute atomic E-state index is 0. The lowest BCUT2D eigenvalue weighted by Gasteiger charge is -1.70. The summed E-state index contributed by atoms with van der Waals surface area (Å²) in [5.41, 5.74) is 0. The number of nitrogens with one attached hydrogen (secondary N) is 1. The zero-order chi connectivity index (χ0) is 4.12. The first-order valence-electron chi connectivity index (χ1n) is 1.22. The van der Waals surface area contributed by atoms with Crippen LogP contribution in [0.2, 0.25) is 0 Å². The Morgan fingerprint density at radius 2 is 2.17 bits per heavy atom. The minimum Gasteiger partial charge on any atom is -0.336 e. The zero-order valence-electron chi connectivity index (χ0n) is 2.77. The fourth-order valence-corrected chi connectivity index (χ4v) is 0.0481. The van der Waals surface area contributed by atoms with E-state index in [1.807, 2.05) is 0 Å². The fourth-order valence-electron chi connectivity index (χ4n) is 0.0481. The average molecular weight is 87.1 g/mol. The van der Waals surface area contributed by atoms with Crippen molar-refractivity contribution in [3.8, 4) is 0 Å². The van der Waals surface area contributed by atoms with Gasteiger partial charge in [0.2, 0.25) is 6.41 Å². The molecule has 0 aromatic carbocycles. The molecule has 0 spiro atoms. The van der Waals surface area contributed by atoms with E-state index in [0.717, 1.165) is 0 Å². The molecule has 0 saturated carbocycles. The Bertz CT molecular complexity index is 36.8. The molecule has 0 radical (unpaired) electrons. The second-order valence-electron chi connectivity index (χ2n) is 0.489. The van der Waals surface area contributed by atoms with Gasteiger partial charge in [-0.2, -0.15) is 0 Å². The number of hydrogen-bond donors (Lipinski definition) is 1. The maximum absolute atomic E-state index is 9.22. The lowest BCUT2D eigenvalue weighted by molar-refractivity contribution is -0.108. The summed E-state index contributed by atoms with van der Waals surface area (Å²) in [6.45, 7) is 3.21. The van der Waals surface area contributed by atoms with Gasteiger partial charge < -0.3 is 5.32 Å². The number of carbonyl (C=O) groups is 1. The molecule has 0 fully saturated rings. The summed E-state index contributed by atoms with van der Waals surface area (Å²) < 4.78 is 0. The number of amides is 1. The summed E-state index contributed by atoms with van der Waals surface area (Å²) in [5.74, 6) is 0. The van der Waals surface area contributed by atoms with Crippen molar-refractivity contribution in [1.29, 1.82) is 0 Å². The summed E-state index contributed by atoms with van der Waals surface area (Å²) in [5, 5.41) is 2.19. The van der Waals surface area contributed by atoms with Crippen LogP contribution in [0.5, 0.6) is 0 Å². The van der Waals surface area contributed by atoms with E-state index in [1.54, 1.807) is 0 Å². The Morgan fingerprint density at radius 1 is 1.67 bits per heavy atom. The van der Waals surface area contributed by atoms with E-state index in [-0.39, 0.29) is 7.43 Å². The van der Waals surface area contributed by atoms with Crippen LogP contribution in [0, 0.1) is 0 Å². The molecule has 0 aromatic heterocycles. The van der Waals surface area contributed by atoms with E-state index < -0.39 is 0 Å². The fraction of sp³-hybridized carbons (Fsp3) is 0.250. The molecule has 2 heteroatoms. The van der Waals surface area contributed by atoms with E-state index in [1.165, 1.54) is 6.20 Å². The molecule has 6 heavy (non-hydrogen) atoms. The summed E-state index contributed by atoms with van der Waals surface area (Å²) in [7, 11) is 0. The SMILES string of the molecule is C.C=CNC=O. The van der Waals surface area contributed by atoms with Gasteiger partial charge >= 0.3 is 0 Å². The van der Waals surface area contributed by atoms with Crippen LogP contribution in [0.25, 0.3) is 0 Å². The molecule has 0 aliphatic heterocycles. The Hall–Kier alpha value is -0.790. The van der Waals surface area contributed by atoms with Crippen LogP contribution in [0.15, 0.2) is 12.8 Å². The Labute approximate surface area is 37.9 Å². The molecule has 0 aromatic rings. The van der Waals surface area contributed by atoms with Crippen LogP contribution >= 0.6 is 0 Å². The quantitative estimate of drug-likeness (QED) is 0.488. The van der Waals surface area contributed by atoms with Crippen molar-refractivity contribution in [2.24, 2.45) is 0 Å². The standard InChI is InChI=1S/C3H5NO.CH4/c1-2-4-3-5;/h2-3H,1H2,(H,4,5);1H4. The molecule has 36 valence electrons. The summed E-state index contributed by atoms with van der Waals surface area (Å²) >= 11 is 0. The second kappa shape index (κ2) is 8.88. The van der Waals surface area contributed by atoms with Gasteiger partial charge in [0.15, 0.2) is 0 Å². The highest BCUT2D eigenvalue weighted by Gasteiger charge is 1.50. The minimum atomic E-state index is 0. The molecule has 0 atom stereocenters. The molecule has 2 nitrogen and oxygen atoms in total. The van der Waals surface area contributed by atoms with Crippen molar-refractivity contribution in [2.45, 2.75) is 7.43 Å². The van der Waals surface area contributed by atoms with Crippen molar-refractivity contribution in [3.05, 3.63) is 12.8 Å². The molecule has 0 aliphatic carbocycles. The third-order valence-electron chi connectivity index (χ3n) is 0.186. The lowest BCUT2D eigenvalue weighted by Crippen LogP contribution is -1.96. The molecule has 0 bridgehead atoms. The zero-order valence-corrected chi connectivity index (χ0v) is 2.77. The van der Waals surface area contributed by atoms with Gasteiger partial charge in [-0.25, -0.2) is 0 Å². The third kappa shape index (κ3) is 10.7. The molecular formula is C4H9NO. The Balaban J connectivity index is 0. The number of rotatable bonds is 2. The van der Waals surface area contributed by atoms with Gasteiger partial charge in [-0.1, -0.05) is 14.0 Å². The van der Waals surface area contributed by atoms with Gasteiger partial charge in [-0.3, -0.25) is 4.79 Å². The van der Waals surface area contributed by atoms with Gasteiger partial charge in [0.1, 0.15) is 0 Å². The summed E-state index contributed by atoms with van der Waals surface area (Å²) in [6, 6.07) is 0. The predicted molar refractivity (Wildman–Crippen MR) is 26.1 cm³/mol. The highest BCUT2D eigenvalue weighted by molar-refractivity contribution is 5.47. The molecular weight excluding hydrogens is 78.0 g/mol. The van der Waals surface area contributed by atoms with Crippen molar-refractivity contribution in [1.82, 2.24) is 5.32 Å². The summed E-state index contributed by atoms with van der Waals surface area (Å²) in [6.07, 6.45) is 1.88. The van der Waals surface area contributed by atoms with Crippen LogP contribution in [0.3, 0.4) is 0 Å². The van der Waals surface area contributed by atoms with Crippen LogP contribution in [-0.4, -0.2) is 6.41 Å². The first-order valence-corrected chi connectivity index (χ1v) is 1.22. The molecule has 0 aliphatic rings. The van der Waals surface area contributed by atoms with Crippen molar-refractivity contribution in [3.63, 3.8) is 0 Å². The summed E-state index contributed by atoms with van der Waals surface area (Å²) in [4.78, 5) is 9.22. The van der Waals surface area contributed by atoms with Gasteiger partial charge in [0, 0.05) is 0 Å². The normalized spacial score (nSPS) is 4.67. The Morgan fingerprint density at radius 3 is 2.17 bits per heavy atom. The first kappa shape index (κ1) is 8.96. The second-order valence-corrected chi connectivity index (χ2v) is 0.489. The van der Waals surface area contributed by atoms with Crippen LogP contribution < -0.4 is 5.32 Å². The van der Waals surface area contributed by atoms with Gasteiger partial charge in [-0.05, 0) is 6.20 Å². The Kier molecular flexibility index (Phi) is 13.3. The average Bonchev–Trinajstić information content (AvgIpc) is 1.41. The number of hydrogen-bond acceptors (Lipinski definition) is 1. The molecule has 0 rings (SSSR count). The number of carbonyl (C=O) groups excluding carboxylic acids is 1. The van der Waals surface area contributed by atoms with Crippen LogP contribution in [-0.2, 0) is 4.79 Å². The van der Waals surface area contributed by atoms with E-state index in [4.69, 9.17) is 0 Å². The first-order chi connectivity index (χ1) is 2.41. The third-order valence-corrected chi connectivity index (χ3v) is 0.186. The largest absolute Gasteiger partial charge is 0.336 e. The topological polar surface area (TPSA) is 29.1 Å². The van der Waals surface area contributed by atoms with E-state index in [9.17, 15) is 4.79 Å². The smallest absolute Gasteiger partial charge is 0.211 e. The lowest BCUT2D eigenvalue weighted by atomic mass is 11.0. The van der Waals surface area contributed by atoms with Gasteiger partial charge in [0.25, 0.3) is 0 Å².